The first kappa shape index (κ1) is 16.5. The number of terminal acetylenes is 1. The zero-order valence-corrected chi connectivity index (χ0v) is 13.7. The quantitative estimate of drug-likeness (QED) is 0.624. The molecule has 3 rings (SSSR count). The number of fused-ring (bicyclic) bond motifs is 2. The Kier molecular flexibility index (Phi) is 4.86. The van der Waals surface area contributed by atoms with Crippen molar-refractivity contribution in [1.82, 2.24) is 4.90 Å². The number of piperidine rings is 1. The summed E-state index contributed by atoms with van der Waals surface area (Å²) in [5.41, 5.74) is 0.486. The van der Waals surface area contributed by atoms with Gasteiger partial charge in [-0.05, 0) is 25.0 Å². The van der Waals surface area contributed by atoms with Gasteiger partial charge >= 0.3 is 11.9 Å². The molecule has 24 heavy (non-hydrogen) atoms. The van der Waals surface area contributed by atoms with E-state index in [1.54, 1.807) is 24.3 Å². The minimum atomic E-state index is -0.491. The monoisotopic (exact) mass is 327 g/mol. The van der Waals surface area contributed by atoms with Gasteiger partial charge in [0.1, 0.15) is 12.0 Å². The van der Waals surface area contributed by atoms with Crippen molar-refractivity contribution >= 4 is 11.9 Å². The molecule has 126 valence electrons. The van der Waals surface area contributed by atoms with E-state index in [1.807, 2.05) is 6.07 Å². The normalized spacial score (nSPS) is 28.8. The van der Waals surface area contributed by atoms with Crippen molar-refractivity contribution in [2.75, 3.05) is 13.7 Å². The molecule has 1 aromatic carbocycles. The maximum Gasteiger partial charge on any atom is 0.338 e. The van der Waals surface area contributed by atoms with Crippen LogP contribution in [0.5, 0.6) is 0 Å². The van der Waals surface area contributed by atoms with Gasteiger partial charge < -0.3 is 9.47 Å². The number of carbonyl (C=O) groups excluding carboxylic acids is 2. The lowest BCUT2D eigenvalue weighted by Gasteiger charge is -2.41. The summed E-state index contributed by atoms with van der Waals surface area (Å²) in [6, 6.07) is 9.05. The summed E-state index contributed by atoms with van der Waals surface area (Å²) in [7, 11) is 1.37. The third-order valence-electron chi connectivity index (χ3n) is 5.03. The second-order valence-corrected chi connectivity index (χ2v) is 6.27. The third-order valence-corrected chi connectivity index (χ3v) is 5.03. The Balaban J connectivity index is 1.81. The fourth-order valence-electron chi connectivity index (χ4n) is 3.97. The highest BCUT2D eigenvalue weighted by Gasteiger charge is 2.52. The molecule has 5 heteroatoms. The molecule has 1 aromatic rings. The molecule has 5 nitrogen and oxygen atoms in total. The van der Waals surface area contributed by atoms with Gasteiger partial charge in [-0.25, -0.2) is 4.79 Å². The van der Waals surface area contributed by atoms with Crippen LogP contribution in [0.2, 0.25) is 0 Å². The van der Waals surface area contributed by atoms with Crippen LogP contribution in [0.15, 0.2) is 30.3 Å². The second-order valence-electron chi connectivity index (χ2n) is 6.27. The lowest BCUT2D eigenvalue weighted by molar-refractivity contribution is -0.156. The molecular weight excluding hydrogens is 306 g/mol. The SMILES string of the molecule is C#CCN1[C@H]2CC[C@@H]1[C@@H](C(=O)OC)[C@@H](OC(=O)c1ccccc1)C2. The minimum Gasteiger partial charge on any atom is -0.469 e. The van der Waals surface area contributed by atoms with Crippen LogP contribution in [0.4, 0.5) is 0 Å². The van der Waals surface area contributed by atoms with Crippen molar-refractivity contribution in [2.24, 2.45) is 5.92 Å². The lowest BCUT2D eigenvalue weighted by Crippen LogP contribution is -2.55. The summed E-state index contributed by atoms with van der Waals surface area (Å²) in [5, 5.41) is 0. The Hall–Kier alpha value is -2.32. The summed E-state index contributed by atoms with van der Waals surface area (Å²) < 4.78 is 10.7. The molecule has 4 atom stereocenters. The van der Waals surface area contributed by atoms with E-state index in [1.165, 1.54) is 7.11 Å². The maximum absolute atomic E-state index is 12.4. The van der Waals surface area contributed by atoms with Crippen molar-refractivity contribution in [3.05, 3.63) is 35.9 Å². The summed E-state index contributed by atoms with van der Waals surface area (Å²) >= 11 is 0. The first-order valence-electron chi connectivity index (χ1n) is 8.18. The van der Waals surface area contributed by atoms with Gasteiger partial charge in [0.2, 0.25) is 0 Å². The van der Waals surface area contributed by atoms with Gasteiger partial charge in [-0.1, -0.05) is 24.1 Å². The highest BCUT2D eigenvalue weighted by atomic mass is 16.6. The van der Waals surface area contributed by atoms with Crippen LogP contribution in [-0.2, 0) is 14.3 Å². The van der Waals surface area contributed by atoms with E-state index < -0.39 is 18.0 Å². The molecule has 0 amide bonds. The predicted octanol–water partition coefficient (Wildman–Crippen LogP) is 1.87. The van der Waals surface area contributed by atoms with E-state index in [-0.39, 0.29) is 18.1 Å². The number of esters is 2. The molecule has 2 heterocycles. The zero-order valence-electron chi connectivity index (χ0n) is 13.7. The number of methoxy groups -OCH3 is 1. The highest BCUT2D eigenvalue weighted by molar-refractivity contribution is 5.89. The first-order valence-corrected chi connectivity index (χ1v) is 8.18. The summed E-state index contributed by atoms with van der Waals surface area (Å²) in [6.45, 7) is 0.502. The van der Waals surface area contributed by atoms with Gasteiger partial charge in [-0.3, -0.25) is 9.69 Å². The van der Waals surface area contributed by atoms with Crippen LogP contribution in [-0.4, -0.2) is 48.7 Å². The number of ether oxygens (including phenoxy) is 2. The highest BCUT2D eigenvalue weighted by Crippen LogP contribution is 2.41. The molecule has 0 unspecified atom stereocenters. The third kappa shape index (κ3) is 3.02. The molecule has 0 aromatic heterocycles. The van der Waals surface area contributed by atoms with Crippen LogP contribution in [0, 0.1) is 18.3 Å². The molecule has 0 N–H and O–H groups in total. The van der Waals surface area contributed by atoms with E-state index >= 15 is 0 Å². The average Bonchev–Trinajstić information content (AvgIpc) is 2.88. The van der Waals surface area contributed by atoms with Crippen molar-refractivity contribution in [2.45, 2.75) is 37.5 Å². The summed E-state index contributed by atoms with van der Waals surface area (Å²) in [4.78, 5) is 26.9. The number of nitrogens with zero attached hydrogens (tertiary/aromatic N) is 1. The van der Waals surface area contributed by atoms with Crippen LogP contribution in [0.25, 0.3) is 0 Å². The average molecular weight is 327 g/mol. The largest absolute Gasteiger partial charge is 0.469 e. The van der Waals surface area contributed by atoms with Crippen molar-refractivity contribution in [3.8, 4) is 12.3 Å². The van der Waals surface area contributed by atoms with Gasteiger partial charge in [-0.15, -0.1) is 6.42 Å². The van der Waals surface area contributed by atoms with E-state index in [9.17, 15) is 9.59 Å². The number of rotatable bonds is 4. The second kappa shape index (κ2) is 7.06. The van der Waals surface area contributed by atoms with E-state index in [4.69, 9.17) is 15.9 Å². The maximum atomic E-state index is 12.4. The van der Waals surface area contributed by atoms with E-state index in [2.05, 4.69) is 10.8 Å². The standard InChI is InChI=1S/C19H21NO4/c1-3-11-20-14-9-10-15(20)17(19(22)23-2)16(12-14)24-18(21)13-7-5-4-6-8-13/h1,4-8,14-17H,9-12H2,2H3/t14-,15+,16-,17+/m0/s1. The molecule has 0 radical (unpaired) electrons. The van der Waals surface area contributed by atoms with E-state index in [0.717, 1.165) is 12.8 Å². The predicted molar refractivity (Wildman–Crippen MR) is 88.1 cm³/mol. The summed E-state index contributed by atoms with van der Waals surface area (Å²) in [5.74, 6) is 1.43. The van der Waals surface area contributed by atoms with Crippen molar-refractivity contribution < 1.29 is 19.1 Å². The molecule has 2 bridgehead atoms. The van der Waals surface area contributed by atoms with E-state index in [0.29, 0.717) is 18.5 Å². The fraction of sp³-hybridized carbons (Fsp3) is 0.474. The van der Waals surface area contributed by atoms with Crippen molar-refractivity contribution in [3.63, 3.8) is 0 Å². The Bertz CT molecular complexity index is 651. The molecule has 2 fully saturated rings. The summed E-state index contributed by atoms with van der Waals surface area (Å²) in [6.07, 6.45) is 7.42. The van der Waals surface area contributed by atoms with Gasteiger partial charge in [0, 0.05) is 18.5 Å². The molecular formula is C19H21NO4. The molecule has 0 spiro atoms. The Morgan fingerprint density at radius 1 is 1.29 bits per heavy atom. The Morgan fingerprint density at radius 2 is 2.04 bits per heavy atom. The fourth-order valence-corrected chi connectivity index (χ4v) is 3.97. The van der Waals surface area contributed by atoms with Gasteiger partial charge in [0.05, 0.1) is 19.2 Å². The Labute approximate surface area is 141 Å². The van der Waals surface area contributed by atoms with Crippen LogP contribution in [0.1, 0.15) is 29.6 Å². The topological polar surface area (TPSA) is 55.8 Å². The molecule has 2 aliphatic rings. The first-order chi connectivity index (χ1) is 11.7. The zero-order chi connectivity index (χ0) is 17.1. The number of hydrogen-bond acceptors (Lipinski definition) is 5. The van der Waals surface area contributed by atoms with Crippen LogP contribution >= 0.6 is 0 Å². The van der Waals surface area contributed by atoms with Crippen LogP contribution < -0.4 is 0 Å². The van der Waals surface area contributed by atoms with Crippen molar-refractivity contribution in [1.29, 1.82) is 0 Å². The minimum absolute atomic E-state index is 0.0270. The molecule has 0 aliphatic carbocycles. The smallest absolute Gasteiger partial charge is 0.338 e. The Morgan fingerprint density at radius 3 is 2.71 bits per heavy atom. The number of carbonyl (C=O) groups is 2. The molecule has 0 saturated carbocycles. The lowest BCUT2D eigenvalue weighted by atomic mass is 9.87. The molecule has 2 saturated heterocycles. The van der Waals surface area contributed by atoms with Gasteiger partial charge in [0.25, 0.3) is 0 Å². The van der Waals surface area contributed by atoms with Crippen LogP contribution in [0.3, 0.4) is 0 Å². The molecule has 2 aliphatic heterocycles. The van der Waals surface area contributed by atoms with Gasteiger partial charge in [-0.2, -0.15) is 0 Å². The van der Waals surface area contributed by atoms with Gasteiger partial charge in [0.15, 0.2) is 0 Å². The number of benzene rings is 1. The number of hydrogen-bond donors (Lipinski definition) is 0.